The van der Waals surface area contributed by atoms with Crippen molar-refractivity contribution in [3.63, 3.8) is 0 Å². The molecule has 0 atom stereocenters. The van der Waals surface area contributed by atoms with Crippen LogP contribution in [0.4, 0.5) is 28.9 Å². The van der Waals surface area contributed by atoms with E-state index in [0.29, 0.717) is 6.54 Å². The molecule has 11 heteroatoms. The zero-order chi connectivity index (χ0) is 26.4. The smallest absolute Gasteiger partial charge is 0.337 e. The maximum absolute atomic E-state index is 15.4. The molecule has 0 saturated carbocycles. The molecule has 7 nitrogen and oxygen atoms in total. The van der Waals surface area contributed by atoms with E-state index in [1.807, 2.05) is 7.05 Å². The topological polar surface area (TPSA) is 71.1 Å². The number of aromatic carboxylic acids is 1. The third-order valence-electron chi connectivity index (χ3n) is 6.80. The Hall–Kier alpha value is -3.67. The van der Waals surface area contributed by atoms with Crippen LogP contribution in [0.15, 0.2) is 36.4 Å². The maximum atomic E-state index is 15.4. The Morgan fingerprint density at radius 2 is 1.51 bits per heavy atom. The first-order valence-corrected chi connectivity index (χ1v) is 11.7. The summed E-state index contributed by atoms with van der Waals surface area (Å²) in [4.78, 5) is 16.2. The maximum Gasteiger partial charge on any atom is 0.337 e. The fourth-order valence-electron chi connectivity index (χ4n) is 4.83. The van der Waals surface area contributed by atoms with Gasteiger partial charge in [0.25, 0.3) is 0 Å². The van der Waals surface area contributed by atoms with Gasteiger partial charge < -0.3 is 15.4 Å². The summed E-state index contributed by atoms with van der Waals surface area (Å²) in [7, 11) is 3.57. The van der Waals surface area contributed by atoms with Gasteiger partial charge in [-0.3, -0.25) is 9.91 Å². The van der Waals surface area contributed by atoms with Crippen molar-refractivity contribution in [2.75, 3.05) is 50.7 Å². The zero-order valence-electron chi connectivity index (χ0n) is 20.2. The summed E-state index contributed by atoms with van der Waals surface area (Å²) in [6.45, 7) is 4.00. The average molecular weight is 516 g/mol. The van der Waals surface area contributed by atoms with Crippen LogP contribution in [0.2, 0.25) is 0 Å². The van der Waals surface area contributed by atoms with E-state index >= 15 is 17.6 Å². The van der Waals surface area contributed by atoms with Crippen molar-refractivity contribution in [2.24, 2.45) is 0 Å². The summed E-state index contributed by atoms with van der Waals surface area (Å²) in [5.41, 5.74) is 4.12. The van der Waals surface area contributed by atoms with Crippen LogP contribution in [0.25, 0.3) is 22.3 Å². The number of fused-ring (bicyclic) bond motifs is 1. The summed E-state index contributed by atoms with van der Waals surface area (Å²) in [6.07, 6.45) is 0. The van der Waals surface area contributed by atoms with Crippen LogP contribution in [0, 0.1) is 23.3 Å². The summed E-state index contributed by atoms with van der Waals surface area (Å²) >= 11 is 0. The molecule has 0 radical (unpaired) electrons. The Morgan fingerprint density at radius 3 is 2.14 bits per heavy atom. The first-order valence-electron chi connectivity index (χ1n) is 11.7. The lowest BCUT2D eigenvalue weighted by atomic mass is 9.94. The van der Waals surface area contributed by atoms with E-state index in [2.05, 4.69) is 20.8 Å². The van der Waals surface area contributed by atoms with Gasteiger partial charge in [0.15, 0.2) is 23.3 Å². The number of carbonyl (C=O) groups is 1. The highest BCUT2D eigenvalue weighted by Gasteiger charge is 2.30. The van der Waals surface area contributed by atoms with E-state index in [9.17, 15) is 9.90 Å². The quantitative estimate of drug-likeness (QED) is 0.346. The minimum atomic E-state index is -1.60. The second-order valence-corrected chi connectivity index (χ2v) is 9.31. The number of likely N-dealkylation sites (N-methyl/N-ethyl adjacent to an activating group) is 1. The first kappa shape index (κ1) is 25.0. The molecule has 2 aliphatic rings. The molecule has 2 aliphatic heterocycles. The fourth-order valence-corrected chi connectivity index (χ4v) is 4.83. The SMILES string of the molecule is CN1CCN(Cc2cccc(-c3c(F)c(F)c(-c4cc5c(c(C(=O)O)c4)N(C)NN5)c(F)c3F)c2)CC1. The van der Waals surface area contributed by atoms with E-state index in [1.54, 1.807) is 12.1 Å². The number of hydrogen-bond acceptors (Lipinski definition) is 6. The molecule has 3 aromatic carbocycles. The fraction of sp³-hybridized carbons (Fsp3) is 0.269. The summed E-state index contributed by atoms with van der Waals surface area (Å²) in [6, 6.07) is 8.55. The minimum Gasteiger partial charge on any atom is -0.478 e. The predicted octanol–water partition coefficient (Wildman–Crippen LogP) is 4.30. The molecule has 2 heterocycles. The summed E-state index contributed by atoms with van der Waals surface area (Å²) in [5, 5.41) is 11.0. The van der Waals surface area contributed by atoms with Crippen molar-refractivity contribution < 1.29 is 27.5 Å². The Labute approximate surface area is 210 Å². The van der Waals surface area contributed by atoms with Gasteiger partial charge in [0, 0.05) is 39.8 Å². The van der Waals surface area contributed by atoms with Gasteiger partial charge >= 0.3 is 5.97 Å². The van der Waals surface area contributed by atoms with Gasteiger partial charge in [0.2, 0.25) is 0 Å². The normalized spacial score (nSPS) is 16.1. The number of nitrogens with one attached hydrogen (secondary N) is 2. The highest BCUT2D eigenvalue weighted by atomic mass is 19.2. The molecule has 5 rings (SSSR count). The van der Waals surface area contributed by atoms with Gasteiger partial charge in [0.05, 0.1) is 28.1 Å². The van der Waals surface area contributed by atoms with E-state index in [0.717, 1.165) is 37.8 Å². The van der Waals surface area contributed by atoms with Crippen molar-refractivity contribution in [3.8, 4) is 22.3 Å². The van der Waals surface area contributed by atoms with Crippen molar-refractivity contribution in [1.82, 2.24) is 15.3 Å². The zero-order valence-corrected chi connectivity index (χ0v) is 20.2. The number of hydrogen-bond donors (Lipinski definition) is 3. The largest absolute Gasteiger partial charge is 0.478 e. The standard InChI is InChI=1S/C26H25F4N5O2/c1-33-6-8-35(9-7-33)13-14-4-3-5-15(10-14)19-21(27)23(29)20(24(30)22(19)28)16-11-17(26(36)37)25-18(12-16)31-32-34(25)2/h3-5,10-12,31-32H,6-9,13H2,1-2H3,(H,36,37). The molecule has 37 heavy (non-hydrogen) atoms. The van der Waals surface area contributed by atoms with E-state index in [1.165, 1.54) is 30.3 Å². The number of anilines is 2. The van der Waals surface area contributed by atoms with Gasteiger partial charge in [-0.05, 0) is 41.9 Å². The van der Waals surface area contributed by atoms with Gasteiger partial charge in [-0.25, -0.2) is 22.4 Å². The lowest BCUT2D eigenvalue weighted by molar-refractivity contribution is 0.0697. The number of carboxylic acid groups (broad SMARTS) is 1. The lowest BCUT2D eigenvalue weighted by Crippen LogP contribution is -2.43. The highest BCUT2D eigenvalue weighted by Crippen LogP contribution is 2.41. The molecule has 0 bridgehead atoms. The average Bonchev–Trinajstić information content (AvgIpc) is 3.25. The number of nitrogens with zero attached hydrogens (tertiary/aromatic N) is 3. The molecule has 194 valence electrons. The third-order valence-corrected chi connectivity index (χ3v) is 6.80. The molecule has 0 amide bonds. The first-order chi connectivity index (χ1) is 17.7. The number of piperazine rings is 1. The lowest BCUT2D eigenvalue weighted by Gasteiger charge is -2.32. The number of carboxylic acids is 1. The second kappa shape index (κ2) is 9.66. The van der Waals surface area contributed by atoms with Gasteiger partial charge in [-0.2, -0.15) is 0 Å². The number of hydrazine groups is 2. The van der Waals surface area contributed by atoms with Crippen LogP contribution >= 0.6 is 0 Å². The Morgan fingerprint density at radius 1 is 0.892 bits per heavy atom. The van der Waals surface area contributed by atoms with Crippen LogP contribution in [0.5, 0.6) is 0 Å². The van der Waals surface area contributed by atoms with Crippen LogP contribution < -0.4 is 16.0 Å². The molecule has 3 N–H and O–H groups in total. The number of halogens is 4. The Bertz CT molecular complexity index is 1360. The predicted molar refractivity (Wildman–Crippen MR) is 132 cm³/mol. The molecule has 0 aliphatic carbocycles. The van der Waals surface area contributed by atoms with E-state index in [4.69, 9.17) is 0 Å². The molecule has 1 saturated heterocycles. The molecule has 0 aromatic heterocycles. The monoisotopic (exact) mass is 515 g/mol. The molecule has 1 fully saturated rings. The molecular formula is C26H25F4N5O2. The van der Waals surface area contributed by atoms with Crippen molar-refractivity contribution in [3.05, 3.63) is 70.8 Å². The van der Waals surface area contributed by atoms with Crippen LogP contribution in [0.1, 0.15) is 15.9 Å². The second-order valence-electron chi connectivity index (χ2n) is 9.31. The Balaban J connectivity index is 1.56. The number of rotatable bonds is 5. The van der Waals surface area contributed by atoms with Crippen molar-refractivity contribution >= 4 is 17.3 Å². The van der Waals surface area contributed by atoms with Crippen molar-refractivity contribution in [1.29, 1.82) is 0 Å². The van der Waals surface area contributed by atoms with Gasteiger partial charge in [-0.1, -0.05) is 18.2 Å². The van der Waals surface area contributed by atoms with Crippen molar-refractivity contribution in [2.45, 2.75) is 6.54 Å². The third kappa shape index (κ3) is 4.50. The van der Waals surface area contributed by atoms with Gasteiger partial charge in [0.1, 0.15) is 0 Å². The van der Waals surface area contributed by atoms with Crippen LogP contribution in [-0.2, 0) is 6.54 Å². The van der Waals surface area contributed by atoms with E-state index in [-0.39, 0.29) is 28.1 Å². The van der Waals surface area contributed by atoms with Gasteiger partial charge in [-0.15, -0.1) is 5.53 Å². The minimum absolute atomic E-state index is 0.0126. The Kier molecular flexibility index (Phi) is 6.52. The van der Waals surface area contributed by atoms with E-state index < -0.39 is 40.4 Å². The van der Waals surface area contributed by atoms with Crippen LogP contribution in [-0.4, -0.2) is 61.2 Å². The van der Waals surface area contributed by atoms with Crippen LogP contribution in [0.3, 0.4) is 0 Å². The molecular weight excluding hydrogens is 490 g/mol. The number of benzene rings is 3. The highest BCUT2D eigenvalue weighted by molar-refractivity contribution is 6.01. The molecule has 0 spiro atoms. The summed E-state index contributed by atoms with van der Waals surface area (Å²) < 4.78 is 61.4. The summed E-state index contributed by atoms with van der Waals surface area (Å²) in [5.74, 6) is -7.67. The molecule has 3 aromatic rings. The molecule has 0 unspecified atom stereocenters.